The Labute approximate surface area is 195 Å². The van der Waals surface area contributed by atoms with Crippen LogP contribution in [0.25, 0.3) is 0 Å². The number of carbonyl (C=O) groups is 3. The number of benzene rings is 2. The highest BCUT2D eigenvalue weighted by atomic mass is 35.5. The lowest BCUT2D eigenvalue weighted by atomic mass is 10.1. The maximum atomic E-state index is 12.5. The molecule has 2 aromatic carbocycles. The number of aryl methyl sites for hydroxylation is 1. The molecule has 0 spiro atoms. The number of hydrogen-bond acceptors (Lipinski definition) is 4. The number of carboxylic acids is 1. The van der Waals surface area contributed by atoms with E-state index in [-0.39, 0.29) is 30.1 Å². The predicted octanol–water partition coefficient (Wildman–Crippen LogP) is 3.00. The zero-order valence-electron chi connectivity index (χ0n) is 17.5. The van der Waals surface area contributed by atoms with Gasteiger partial charge in [-0.3, -0.25) is 19.4 Å². The van der Waals surface area contributed by atoms with E-state index in [0.717, 1.165) is 0 Å². The number of aliphatic carboxylic acids is 1. The fourth-order valence-electron chi connectivity index (χ4n) is 2.76. The largest absolute Gasteiger partial charge is 0.481 e. The minimum absolute atomic E-state index is 0.132. The third-order valence-corrected chi connectivity index (χ3v) is 4.78. The lowest BCUT2D eigenvalue weighted by Crippen LogP contribution is -2.33. The van der Waals surface area contributed by atoms with Crippen LogP contribution in [0.2, 0.25) is 10.0 Å². The zero-order chi connectivity index (χ0) is 23.7. The highest BCUT2D eigenvalue weighted by Crippen LogP contribution is 2.31. The summed E-state index contributed by atoms with van der Waals surface area (Å²) in [6.45, 7) is -0.313. The molecule has 0 heterocycles. The Morgan fingerprint density at radius 1 is 1.09 bits per heavy atom. The number of rotatable bonds is 8. The normalized spacial score (nSPS) is 10.9. The molecule has 32 heavy (non-hydrogen) atoms. The predicted molar refractivity (Wildman–Crippen MR) is 126 cm³/mol. The summed E-state index contributed by atoms with van der Waals surface area (Å²) >= 11 is 12.2. The van der Waals surface area contributed by atoms with Gasteiger partial charge in [-0.05, 0) is 42.3 Å². The van der Waals surface area contributed by atoms with E-state index in [1.54, 1.807) is 44.4 Å². The number of carbonyl (C=O) groups excluding carboxylic acids is 2. The van der Waals surface area contributed by atoms with Crippen molar-refractivity contribution in [3.05, 3.63) is 57.6 Å². The van der Waals surface area contributed by atoms with E-state index >= 15 is 0 Å². The molecule has 2 aromatic rings. The van der Waals surface area contributed by atoms with E-state index in [1.807, 2.05) is 0 Å². The van der Waals surface area contributed by atoms with Crippen molar-refractivity contribution in [3.63, 3.8) is 0 Å². The van der Waals surface area contributed by atoms with Crippen molar-refractivity contribution in [2.75, 3.05) is 31.3 Å². The third-order valence-electron chi connectivity index (χ3n) is 4.27. The lowest BCUT2D eigenvalue weighted by molar-refractivity contribution is -0.137. The molecular formula is C21H23Cl2N5O4. The smallest absolute Gasteiger partial charge is 0.303 e. The Balaban J connectivity index is 2.03. The number of halogens is 2. The molecule has 2 amide bonds. The van der Waals surface area contributed by atoms with Crippen LogP contribution in [0.3, 0.4) is 0 Å². The number of amides is 2. The first-order valence-corrected chi connectivity index (χ1v) is 10.3. The van der Waals surface area contributed by atoms with Crippen molar-refractivity contribution in [3.8, 4) is 0 Å². The van der Waals surface area contributed by atoms with Gasteiger partial charge in [-0.25, -0.2) is 0 Å². The molecule has 0 aliphatic rings. The Bertz CT molecular complexity index is 1040. The summed E-state index contributed by atoms with van der Waals surface area (Å²) in [5.74, 6) is -1.43. The molecule has 0 bridgehead atoms. The van der Waals surface area contributed by atoms with Crippen LogP contribution in [0.4, 0.5) is 11.4 Å². The van der Waals surface area contributed by atoms with Crippen LogP contribution in [-0.4, -0.2) is 49.5 Å². The fourth-order valence-corrected chi connectivity index (χ4v) is 3.34. The molecule has 5 N–H and O–H groups in total. The van der Waals surface area contributed by atoms with Gasteiger partial charge in [0.05, 0.1) is 17.3 Å². The standard InChI is InChI=1S/C21H23Cl2N5O4/c1-24-21(25-2)27-15-5-3-4-13(9-15)20(32)26-11-17(29)28-19-12(6-7-18(30)31)8-14(22)10-16(19)23/h3-5,8-10H,6-7,11H2,1-2H3,(H,26,32)(H,28,29)(H,30,31)(H2,24,25,27). The summed E-state index contributed by atoms with van der Waals surface area (Å²) in [6, 6.07) is 9.69. The quantitative estimate of drug-likeness (QED) is 0.292. The van der Waals surface area contributed by atoms with Crippen LogP contribution < -0.4 is 21.3 Å². The Hall–Kier alpha value is -3.30. The lowest BCUT2D eigenvalue weighted by Gasteiger charge is -2.14. The Morgan fingerprint density at radius 2 is 1.84 bits per heavy atom. The number of aliphatic imine (C=N–C) groups is 1. The summed E-state index contributed by atoms with van der Waals surface area (Å²) in [5.41, 5.74) is 1.75. The number of nitrogens with one attached hydrogen (secondary N) is 4. The second-order valence-electron chi connectivity index (χ2n) is 6.57. The van der Waals surface area contributed by atoms with Crippen LogP contribution in [0.15, 0.2) is 41.4 Å². The number of hydrogen-bond donors (Lipinski definition) is 5. The van der Waals surface area contributed by atoms with E-state index in [0.29, 0.717) is 27.8 Å². The van der Waals surface area contributed by atoms with Crippen molar-refractivity contribution in [2.24, 2.45) is 4.99 Å². The maximum absolute atomic E-state index is 12.5. The first kappa shape index (κ1) is 25.0. The first-order valence-electron chi connectivity index (χ1n) is 9.53. The summed E-state index contributed by atoms with van der Waals surface area (Å²) in [5, 5.41) is 20.5. The van der Waals surface area contributed by atoms with Crippen LogP contribution in [0.1, 0.15) is 22.3 Å². The first-order chi connectivity index (χ1) is 15.2. The molecule has 0 aliphatic carbocycles. The van der Waals surface area contributed by atoms with Gasteiger partial charge in [0.2, 0.25) is 5.91 Å². The van der Waals surface area contributed by atoms with Crippen molar-refractivity contribution in [1.82, 2.24) is 10.6 Å². The molecule has 11 heteroatoms. The maximum Gasteiger partial charge on any atom is 0.303 e. The van der Waals surface area contributed by atoms with Gasteiger partial charge in [-0.2, -0.15) is 0 Å². The van der Waals surface area contributed by atoms with E-state index in [9.17, 15) is 14.4 Å². The minimum Gasteiger partial charge on any atom is -0.481 e. The van der Waals surface area contributed by atoms with Gasteiger partial charge in [0.25, 0.3) is 5.91 Å². The van der Waals surface area contributed by atoms with Gasteiger partial charge in [0.1, 0.15) is 0 Å². The highest BCUT2D eigenvalue weighted by molar-refractivity contribution is 6.37. The molecular weight excluding hydrogens is 457 g/mol. The second kappa shape index (κ2) is 11.9. The highest BCUT2D eigenvalue weighted by Gasteiger charge is 2.15. The molecule has 0 radical (unpaired) electrons. The van der Waals surface area contributed by atoms with Gasteiger partial charge in [-0.1, -0.05) is 29.3 Å². The van der Waals surface area contributed by atoms with Gasteiger partial charge < -0.3 is 26.4 Å². The van der Waals surface area contributed by atoms with Crippen LogP contribution >= 0.6 is 23.2 Å². The van der Waals surface area contributed by atoms with Gasteiger partial charge in [0.15, 0.2) is 5.96 Å². The van der Waals surface area contributed by atoms with E-state index < -0.39 is 17.8 Å². The second-order valence-corrected chi connectivity index (χ2v) is 7.42. The summed E-state index contributed by atoms with van der Waals surface area (Å²) < 4.78 is 0. The summed E-state index contributed by atoms with van der Waals surface area (Å²) in [6.07, 6.45) is -0.0221. The Kier molecular flexibility index (Phi) is 9.30. The molecule has 0 saturated carbocycles. The van der Waals surface area contributed by atoms with Crippen LogP contribution in [0, 0.1) is 0 Å². The molecule has 0 aromatic heterocycles. The molecule has 9 nitrogen and oxygen atoms in total. The average molecular weight is 480 g/mol. The summed E-state index contributed by atoms with van der Waals surface area (Å²) in [4.78, 5) is 39.8. The van der Waals surface area contributed by atoms with Gasteiger partial charge in [0, 0.05) is 36.8 Å². The number of carboxylic acid groups (broad SMARTS) is 1. The fraction of sp³-hybridized carbons (Fsp3) is 0.238. The number of guanidine groups is 1. The van der Waals surface area contributed by atoms with E-state index in [1.165, 1.54) is 6.07 Å². The Morgan fingerprint density at radius 3 is 2.50 bits per heavy atom. The molecule has 170 valence electrons. The van der Waals surface area contributed by atoms with Crippen LogP contribution in [0.5, 0.6) is 0 Å². The molecule has 0 saturated heterocycles. The van der Waals surface area contributed by atoms with Crippen molar-refractivity contribution in [1.29, 1.82) is 0 Å². The van der Waals surface area contributed by atoms with Gasteiger partial charge in [-0.15, -0.1) is 0 Å². The molecule has 0 fully saturated rings. The van der Waals surface area contributed by atoms with E-state index in [2.05, 4.69) is 26.3 Å². The molecule has 0 aliphatic heterocycles. The van der Waals surface area contributed by atoms with Crippen LogP contribution in [-0.2, 0) is 16.0 Å². The van der Waals surface area contributed by atoms with Crippen molar-refractivity contribution in [2.45, 2.75) is 12.8 Å². The van der Waals surface area contributed by atoms with E-state index in [4.69, 9.17) is 28.3 Å². The summed E-state index contributed by atoms with van der Waals surface area (Å²) in [7, 11) is 3.33. The molecule has 0 atom stereocenters. The number of anilines is 2. The minimum atomic E-state index is -0.991. The average Bonchev–Trinajstić information content (AvgIpc) is 2.76. The topological polar surface area (TPSA) is 132 Å². The SMILES string of the molecule is CN=C(NC)Nc1cccc(C(=O)NCC(=O)Nc2c(Cl)cc(Cl)cc2CCC(=O)O)c1. The van der Waals surface area contributed by atoms with Gasteiger partial charge >= 0.3 is 5.97 Å². The third kappa shape index (κ3) is 7.44. The molecule has 2 rings (SSSR count). The molecule has 0 unspecified atom stereocenters. The van der Waals surface area contributed by atoms with Crippen molar-refractivity contribution >= 4 is 58.3 Å². The number of nitrogens with zero attached hydrogens (tertiary/aromatic N) is 1. The monoisotopic (exact) mass is 479 g/mol. The van der Waals surface area contributed by atoms with Crippen molar-refractivity contribution < 1.29 is 19.5 Å². The zero-order valence-corrected chi connectivity index (χ0v) is 19.0.